The summed E-state index contributed by atoms with van der Waals surface area (Å²) in [6.45, 7) is 15.8. The fraction of sp³-hybridized carbons (Fsp3) is 0.286. The molecule has 0 bridgehead atoms. The highest BCUT2D eigenvalue weighted by atomic mass is 32.1. The average Bonchev–Trinajstić information content (AvgIpc) is 3.38. The highest BCUT2D eigenvalue weighted by Crippen LogP contribution is 2.46. The summed E-state index contributed by atoms with van der Waals surface area (Å²) in [5.41, 5.74) is 8.38. The number of fused-ring (bicyclic) bond motifs is 3. The summed E-state index contributed by atoms with van der Waals surface area (Å²) in [7, 11) is 0. The van der Waals surface area contributed by atoms with Crippen LogP contribution in [0.2, 0.25) is 0 Å². The zero-order chi connectivity index (χ0) is 26.8. The summed E-state index contributed by atoms with van der Waals surface area (Å²) in [6, 6.07) is 22.2. The van der Waals surface area contributed by atoms with Crippen molar-refractivity contribution >= 4 is 43.2 Å². The van der Waals surface area contributed by atoms with Crippen LogP contribution in [0, 0.1) is 19.8 Å². The third-order valence-corrected chi connectivity index (χ3v) is 8.96. The number of aromatic nitrogens is 1. The van der Waals surface area contributed by atoms with E-state index in [2.05, 4.69) is 109 Å². The Balaban J connectivity index is 1.54. The van der Waals surface area contributed by atoms with Gasteiger partial charge in [-0.15, -0.1) is 11.3 Å². The maximum absolute atomic E-state index is 6.57. The summed E-state index contributed by atoms with van der Waals surface area (Å²) in [4.78, 5) is 6.14. The van der Waals surface area contributed by atoms with Crippen LogP contribution >= 0.6 is 11.3 Å². The molecule has 2 nitrogen and oxygen atoms in total. The molecule has 0 aliphatic heterocycles. The van der Waals surface area contributed by atoms with Crippen molar-refractivity contribution in [1.82, 2.24) is 4.98 Å². The van der Waals surface area contributed by atoms with Crippen LogP contribution in [0.4, 0.5) is 0 Å². The zero-order valence-corrected chi connectivity index (χ0v) is 24.2. The summed E-state index contributed by atoms with van der Waals surface area (Å²) >= 11 is 1.81. The number of rotatable bonds is 4. The van der Waals surface area contributed by atoms with Crippen molar-refractivity contribution in [3.63, 3.8) is 0 Å². The van der Waals surface area contributed by atoms with Crippen LogP contribution in [0.1, 0.15) is 56.9 Å². The number of aryl methyl sites for hydroxylation is 2. The normalized spacial score (nSPS) is 12.4. The van der Waals surface area contributed by atoms with Crippen LogP contribution in [-0.4, -0.2) is 4.98 Å². The lowest BCUT2D eigenvalue weighted by atomic mass is 9.82. The summed E-state index contributed by atoms with van der Waals surface area (Å²) in [6.07, 6.45) is 3.01. The molecule has 0 radical (unpaired) electrons. The van der Waals surface area contributed by atoms with Crippen LogP contribution in [0.25, 0.3) is 53.7 Å². The van der Waals surface area contributed by atoms with Crippen LogP contribution in [0.5, 0.6) is 0 Å². The van der Waals surface area contributed by atoms with Gasteiger partial charge in [0.05, 0.1) is 15.3 Å². The van der Waals surface area contributed by atoms with E-state index < -0.39 is 0 Å². The molecule has 3 heteroatoms. The van der Waals surface area contributed by atoms with E-state index in [9.17, 15) is 0 Å². The van der Waals surface area contributed by atoms with E-state index in [0.717, 1.165) is 23.5 Å². The van der Waals surface area contributed by atoms with Gasteiger partial charge in [0.1, 0.15) is 11.3 Å². The van der Waals surface area contributed by atoms with Crippen LogP contribution in [-0.2, 0) is 11.8 Å². The molecule has 3 heterocycles. The van der Waals surface area contributed by atoms with Gasteiger partial charge in [0.25, 0.3) is 0 Å². The summed E-state index contributed by atoms with van der Waals surface area (Å²) in [5, 5.41) is 5.02. The van der Waals surface area contributed by atoms with Crippen molar-refractivity contribution in [1.29, 1.82) is 0 Å². The second kappa shape index (κ2) is 9.10. The first-order valence-electron chi connectivity index (χ1n) is 13.6. The summed E-state index contributed by atoms with van der Waals surface area (Å²) < 4.78 is 7.79. The molecule has 3 aromatic heterocycles. The van der Waals surface area contributed by atoms with Crippen LogP contribution < -0.4 is 0 Å². The smallest absolute Gasteiger partial charge is 0.148 e. The number of benzene rings is 3. The third kappa shape index (κ3) is 4.14. The molecule has 3 aromatic carbocycles. The first-order chi connectivity index (χ1) is 18.1. The Bertz CT molecular complexity index is 1830. The predicted molar refractivity (Wildman–Crippen MR) is 164 cm³/mol. The molecule has 0 saturated heterocycles. The molecular formula is C35H35NOS. The number of pyridine rings is 1. The maximum Gasteiger partial charge on any atom is 0.148 e. The highest BCUT2D eigenvalue weighted by Gasteiger charge is 2.23. The van der Waals surface area contributed by atoms with Crippen molar-refractivity contribution in [3.05, 3.63) is 89.1 Å². The van der Waals surface area contributed by atoms with Crippen LogP contribution in [0.3, 0.4) is 0 Å². The van der Waals surface area contributed by atoms with Crippen molar-refractivity contribution in [2.75, 3.05) is 0 Å². The average molecular weight is 518 g/mol. The molecule has 0 atom stereocenters. The van der Waals surface area contributed by atoms with Gasteiger partial charge in [-0.25, -0.2) is 0 Å². The molecule has 0 spiro atoms. The molecule has 0 aliphatic carbocycles. The van der Waals surface area contributed by atoms with Gasteiger partial charge in [-0.05, 0) is 88.7 Å². The molecule has 0 unspecified atom stereocenters. The standard InChI is InChI=1S/C35H35NOS/c1-20(2)16-23-12-13-26-21(3)32(37-30(26)17-23)33-22(4)27-14-15-36-31(34(27)38-33)25-18-24-10-8-9-11-28(24)29(19-25)35(5,6)7/h8-15,17-20H,16H2,1-7H3. The minimum absolute atomic E-state index is 0.0276. The summed E-state index contributed by atoms with van der Waals surface area (Å²) in [5.74, 6) is 1.60. The number of hydrogen-bond acceptors (Lipinski definition) is 3. The van der Waals surface area contributed by atoms with Gasteiger partial charge < -0.3 is 4.42 Å². The van der Waals surface area contributed by atoms with Crippen molar-refractivity contribution in [2.24, 2.45) is 5.92 Å². The van der Waals surface area contributed by atoms with E-state index in [1.54, 1.807) is 11.3 Å². The van der Waals surface area contributed by atoms with Gasteiger partial charge in [0, 0.05) is 22.7 Å². The van der Waals surface area contributed by atoms with E-state index in [0.29, 0.717) is 5.92 Å². The number of nitrogens with zero attached hydrogens (tertiary/aromatic N) is 1. The van der Waals surface area contributed by atoms with E-state index in [4.69, 9.17) is 9.40 Å². The number of thiophene rings is 1. The first kappa shape index (κ1) is 24.9. The predicted octanol–water partition coefficient (Wildman–Crippen LogP) is 10.6. The minimum Gasteiger partial charge on any atom is -0.455 e. The molecule has 0 aliphatic rings. The maximum atomic E-state index is 6.57. The van der Waals surface area contributed by atoms with Gasteiger partial charge in [-0.3, -0.25) is 4.98 Å². The van der Waals surface area contributed by atoms with Crippen molar-refractivity contribution < 1.29 is 4.42 Å². The molecule has 6 aromatic rings. The highest BCUT2D eigenvalue weighted by molar-refractivity contribution is 7.23. The van der Waals surface area contributed by atoms with E-state index in [1.807, 2.05) is 6.20 Å². The topological polar surface area (TPSA) is 26.0 Å². The number of furan rings is 1. The molecule has 0 amide bonds. The minimum atomic E-state index is 0.0276. The lowest BCUT2D eigenvalue weighted by molar-refractivity contribution is 0.596. The zero-order valence-electron chi connectivity index (χ0n) is 23.4. The van der Waals surface area contributed by atoms with Gasteiger partial charge in [0.15, 0.2) is 0 Å². The SMILES string of the molecule is Cc1c(-c2sc3c(-c4cc(C(C)(C)C)c5ccccc5c4)nccc3c2C)oc2cc(CC(C)C)ccc12. The van der Waals surface area contributed by atoms with Gasteiger partial charge >= 0.3 is 0 Å². The van der Waals surface area contributed by atoms with Crippen LogP contribution in [0.15, 0.2) is 71.3 Å². The molecular weight excluding hydrogens is 482 g/mol. The largest absolute Gasteiger partial charge is 0.455 e. The fourth-order valence-electron chi connectivity index (χ4n) is 5.72. The lowest BCUT2D eigenvalue weighted by Gasteiger charge is -2.22. The Morgan fingerprint density at radius 2 is 1.66 bits per heavy atom. The monoisotopic (exact) mass is 517 g/mol. The third-order valence-electron chi connectivity index (χ3n) is 7.65. The molecule has 192 valence electrons. The Kier molecular flexibility index (Phi) is 5.96. The van der Waals surface area contributed by atoms with Gasteiger partial charge in [0.2, 0.25) is 0 Å². The van der Waals surface area contributed by atoms with Crippen molar-refractivity contribution in [2.45, 2.75) is 60.3 Å². The molecule has 0 fully saturated rings. The van der Waals surface area contributed by atoms with Gasteiger partial charge in [-0.2, -0.15) is 0 Å². The van der Waals surface area contributed by atoms with E-state index in [-0.39, 0.29) is 5.41 Å². The molecule has 0 N–H and O–H groups in total. The number of hydrogen-bond donors (Lipinski definition) is 0. The Labute approximate surface area is 229 Å². The second-order valence-electron chi connectivity index (χ2n) is 12.1. The molecule has 0 saturated carbocycles. The Morgan fingerprint density at radius 1 is 0.868 bits per heavy atom. The first-order valence-corrected chi connectivity index (χ1v) is 14.4. The Hall–Kier alpha value is -3.43. The lowest BCUT2D eigenvalue weighted by Crippen LogP contribution is -2.12. The van der Waals surface area contributed by atoms with E-state index >= 15 is 0 Å². The second-order valence-corrected chi connectivity index (χ2v) is 13.1. The van der Waals surface area contributed by atoms with Gasteiger partial charge in [-0.1, -0.05) is 71.0 Å². The molecule has 38 heavy (non-hydrogen) atoms. The van der Waals surface area contributed by atoms with E-state index in [1.165, 1.54) is 58.9 Å². The van der Waals surface area contributed by atoms with Crippen molar-refractivity contribution in [3.8, 4) is 21.9 Å². The molecule has 6 rings (SSSR count). The quantitative estimate of drug-likeness (QED) is 0.232. The fourth-order valence-corrected chi connectivity index (χ4v) is 7.08. The Morgan fingerprint density at radius 3 is 2.42 bits per heavy atom.